The van der Waals surface area contributed by atoms with Crippen molar-refractivity contribution in [2.75, 3.05) is 5.32 Å². The van der Waals surface area contributed by atoms with Crippen LogP contribution in [-0.4, -0.2) is 33.6 Å². The summed E-state index contributed by atoms with van der Waals surface area (Å²) in [7, 11) is 0. The van der Waals surface area contributed by atoms with Gasteiger partial charge in [-0.3, -0.25) is 19.3 Å². The lowest BCUT2D eigenvalue weighted by atomic mass is 9.85. The average molecular weight is 438 g/mol. The largest absolute Gasteiger partial charge is 0.300 e. The average Bonchev–Trinajstić information content (AvgIpc) is 3.29. The topological polar surface area (TPSA) is 79.4 Å². The minimum absolute atomic E-state index is 0.155. The molecule has 0 radical (unpaired) electrons. The van der Waals surface area contributed by atoms with Gasteiger partial charge in [-0.2, -0.15) is 0 Å². The molecule has 1 aliphatic carbocycles. The van der Waals surface area contributed by atoms with Gasteiger partial charge in [-0.1, -0.05) is 56.3 Å². The first-order valence-corrected chi connectivity index (χ1v) is 11.6. The maximum absolute atomic E-state index is 13.2. The number of nitrogens with one attached hydrogen (secondary N) is 1. The number of imide groups is 1. The first-order valence-electron chi connectivity index (χ1n) is 10.8. The van der Waals surface area contributed by atoms with E-state index in [1.54, 1.807) is 6.20 Å². The summed E-state index contributed by atoms with van der Waals surface area (Å²) in [6.45, 7) is 3.97. The Kier molecular flexibility index (Phi) is 6.32. The summed E-state index contributed by atoms with van der Waals surface area (Å²) in [4.78, 5) is 45.8. The van der Waals surface area contributed by atoms with Crippen molar-refractivity contribution >= 4 is 34.2 Å². The number of anilines is 1. The van der Waals surface area contributed by atoms with Crippen molar-refractivity contribution in [2.45, 2.75) is 45.6 Å². The molecule has 6 nitrogen and oxygen atoms in total. The van der Waals surface area contributed by atoms with Gasteiger partial charge in [0, 0.05) is 17.5 Å². The predicted octanol–water partition coefficient (Wildman–Crippen LogP) is 4.04. The number of likely N-dealkylation sites (tertiary alicyclic amines) is 1. The Labute approximate surface area is 186 Å². The van der Waals surface area contributed by atoms with E-state index in [2.05, 4.69) is 22.4 Å². The van der Waals surface area contributed by atoms with Gasteiger partial charge in [0.15, 0.2) is 5.13 Å². The number of fused-ring (bicyclic) bond motifs is 1. The van der Waals surface area contributed by atoms with Crippen molar-refractivity contribution in [3.8, 4) is 0 Å². The highest BCUT2D eigenvalue weighted by Crippen LogP contribution is 2.37. The third kappa shape index (κ3) is 4.61. The Morgan fingerprint density at radius 2 is 1.77 bits per heavy atom. The third-order valence-electron chi connectivity index (χ3n) is 5.86. The van der Waals surface area contributed by atoms with Crippen molar-refractivity contribution in [1.82, 2.24) is 9.88 Å². The van der Waals surface area contributed by atoms with Crippen LogP contribution in [0.5, 0.6) is 0 Å². The van der Waals surface area contributed by atoms with Crippen LogP contribution in [0.25, 0.3) is 0 Å². The number of carbonyl (C=O) groups is 3. The molecule has 1 aromatic heterocycles. The minimum atomic E-state index is -0.813. The molecule has 31 heavy (non-hydrogen) atoms. The van der Waals surface area contributed by atoms with Crippen molar-refractivity contribution in [1.29, 1.82) is 0 Å². The van der Waals surface area contributed by atoms with Gasteiger partial charge >= 0.3 is 0 Å². The lowest BCUT2D eigenvalue weighted by Crippen LogP contribution is -2.48. The zero-order chi connectivity index (χ0) is 22.0. The number of aromatic nitrogens is 1. The van der Waals surface area contributed by atoms with Crippen LogP contribution in [-0.2, 0) is 20.8 Å². The number of rotatable bonds is 7. The van der Waals surface area contributed by atoms with E-state index < -0.39 is 6.04 Å². The molecule has 2 aliphatic rings. The fourth-order valence-corrected chi connectivity index (χ4v) is 5.19. The Morgan fingerprint density at radius 1 is 1.13 bits per heavy atom. The number of hydrogen-bond donors (Lipinski definition) is 1. The molecule has 1 fully saturated rings. The number of nitrogens with zero attached hydrogens (tertiary/aromatic N) is 2. The van der Waals surface area contributed by atoms with Gasteiger partial charge in [0.25, 0.3) is 0 Å². The third-order valence-corrected chi connectivity index (χ3v) is 6.77. The van der Waals surface area contributed by atoms with Crippen LogP contribution in [0.3, 0.4) is 0 Å². The Balaban J connectivity index is 1.49. The highest BCUT2D eigenvalue weighted by molar-refractivity contribution is 7.15. The predicted molar refractivity (Wildman–Crippen MR) is 120 cm³/mol. The Morgan fingerprint density at radius 3 is 2.39 bits per heavy atom. The second-order valence-corrected chi connectivity index (χ2v) is 9.75. The minimum Gasteiger partial charge on any atom is -0.300 e. The lowest BCUT2D eigenvalue weighted by molar-refractivity contribution is -0.147. The summed E-state index contributed by atoms with van der Waals surface area (Å²) in [5, 5.41) is 3.35. The molecule has 3 unspecified atom stereocenters. The monoisotopic (exact) mass is 437 g/mol. The molecule has 0 spiro atoms. The number of benzene rings is 1. The van der Waals surface area contributed by atoms with E-state index in [1.165, 1.54) is 21.8 Å². The van der Waals surface area contributed by atoms with Crippen LogP contribution in [0.15, 0.2) is 48.7 Å². The highest BCUT2D eigenvalue weighted by atomic mass is 32.1. The number of amides is 3. The second-order valence-electron chi connectivity index (χ2n) is 8.63. The molecule has 4 rings (SSSR count). The molecular weight excluding hydrogens is 410 g/mol. The fraction of sp³-hybridized carbons (Fsp3) is 0.417. The van der Waals surface area contributed by atoms with Gasteiger partial charge in [-0.15, -0.1) is 11.3 Å². The smallest absolute Gasteiger partial charge is 0.249 e. The number of carbonyl (C=O) groups excluding carboxylic acids is 3. The van der Waals surface area contributed by atoms with E-state index in [4.69, 9.17) is 0 Å². The normalized spacial score (nSPS) is 21.5. The lowest BCUT2D eigenvalue weighted by Gasteiger charge is -2.27. The summed E-state index contributed by atoms with van der Waals surface area (Å²) in [6, 6.07) is 9.25. The molecule has 162 valence electrons. The SMILES string of the molecule is CC(C)CC(C(=O)Nc1ncc(Cc2ccccc2)s1)N1C(=O)C2CC=CCC2C1=O. The molecule has 1 saturated heterocycles. The zero-order valence-corrected chi connectivity index (χ0v) is 18.6. The van der Waals surface area contributed by atoms with Gasteiger partial charge < -0.3 is 5.32 Å². The summed E-state index contributed by atoms with van der Waals surface area (Å²) in [5.41, 5.74) is 1.17. The molecule has 2 heterocycles. The summed E-state index contributed by atoms with van der Waals surface area (Å²) >= 11 is 1.42. The van der Waals surface area contributed by atoms with E-state index >= 15 is 0 Å². The molecule has 1 N–H and O–H groups in total. The fourth-order valence-electron chi connectivity index (χ4n) is 4.34. The van der Waals surface area contributed by atoms with Crippen molar-refractivity contribution < 1.29 is 14.4 Å². The maximum atomic E-state index is 13.2. The van der Waals surface area contributed by atoms with Crippen LogP contribution >= 0.6 is 11.3 Å². The van der Waals surface area contributed by atoms with E-state index in [1.807, 2.05) is 44.2 Å². The molecule has 3 amide bonds. The van der Waals surface area contributed by atoms with Crippen molar-refractivity contribution in [2.24, 2.45) is 17.8 Å². The van der Waals surface area contributed by atoms with Gasteiger partial charge in [0.05, 0.1) is 11.8 Å². The number of thiazole rings is 1. The number of allylic oxidation sites excluding steroid dienone is 2. The Bertz CT molecular complexity index is 973. The molecule has 1 aliphatic heterocycles. The molecule has 0 saturated carbocycles. The van der Waals surface area contributed by atoms with Crippen LogP contribution < -0.4 is 5.32 Å². The van der Waals surface area contributed by atoms with Crippen LogP contribution in [0.4, 0.5) is 5.13 Å². The van der Waals surface area contributed by atoms with Gasteiger partial charge in [-0.05, 0) is 30.7 Å². The molecule has 0 bridgehead atoms. The standard InChI is InChI=1S/C24H27N3O3S/c1-15(2)12-20(27-22(29)18-10-6-7-11-19(18)23(27)30)21(28)26-24-25-14-17(31-24)13-16-8-4-3-5-9-16/h3-9,14-15,18-20H,10-13H2,1-2H3,(H,25,26,28). The summed E-state index contributed by atoms with van der Waals surface area (Å²) < 4.78 is 0. The quantitative estimate of drug-likeness (QED) is 0.524. The first kappa shape index (κ1) is 21.4. The van der Waals surface area contributed by atoms with Crippen LogP contribution in [0.2, 0.25) is 0 Å². The van der Waals surface area contributed by atoms with Crippen molar-refractivity contribution in [3.05, 3.63) is 59.1 Å². The molecule has 3 atom stereocenters. The van der Waals surface area contributed by atoms with Gasteiger partial charge in [-0.25, -0.2) is 4.98 Å². The van der Waals surface area contributed by atoms with E-state index in [0.29, 0.717) is 24.4 Å². The van der Waals surface area contributed by atoms with Gasteiger partial charge in [0.2, 0.25) is 17.7 Å². The summed E-state index contributed by atoms with van der Waals surface area (Å²) in [5.74, 6) is -1.30. The van der Waals surface area contributed by atoms with E-state index in [-0.39, 0.29) is 35.5 Å². The van der Waals surface area contributed by atoms with Crippen molar-refractivity contribution in [3.63, 3.8) is 0 Å². The molecular formula is C24H27N3O3S. The molecule has 7 heteroatoms. The van der Waals surface area contributed by atoms with Crippen LogP contribution in [0.1, 0.15) is 43.6 Å². The van der Waals surface area contributed by atoms with E-state index in [9.17, 15) is 14.4 Å². The van der Waals surface area contributed by atoms with Gasteiger partial charge in [0.1, 0.15) is 6.04 Å². The zero-order valence-electron chi connectivity index (χ0n) is 17.8. The molecule has 2 aromatic rings. The summed E-state index contributed by atoms with van der Waals surface area (Å²) in [6.07, 6.45) is 7.97. The van der Waals surface area contributed by atoms with E-state index in [0.717, 1.165) is 11.3 Å². The maximum Gasteiger partial charge on any atom is 0.249 e. The number of hydrogen-bond acceptors (Lipinski definition) is 5. The first-order chi connectivity index (χ1) is 14.9. The van der Waals surface area contributed by atoms with Crippen LogP contribution in [0, 0.1) is 17.8 Å². The molecule has 1 aromatic carbocycles. The Hall–Kier alpha value is -2.80. The second kappa shape index (κ2) is 9.14. The highest BCUT2D eigenvalue weighted by Gasteiger charge is 2.51.